The van der Waals surface area contributed by atoms with Crippen molar-refractivity contribution < 1.29 is 14.0 Å². The molecule has 3 aromatic carbocycles. The average Bonchev–Trinajstić information content (AvgIpc) is 2.66. The highest BCUT2D eigenvalue weighted by molar-refractivity contribution is 6.25. The molecule has 1 aromatic heterocycles. The number of amides is 2. The fourth-order valence-corrected chi connectivity index (χ4v) is 2.97. The van der Waals surface area contributed by atoms with E-state index < -0.39 is 0 Å². The van der Waals surface area contributed by atoms with Crippen molar-refractivity contribution in [1.29, 1.82) is 0 Å². The molecule has 126 valence electrons. The molecule has 1 aliphatic rings. The number of hydrogen-bond donors (Lipinski definition) is 1. The number of carbonyl (C=O) groups excluding carboxylic acids is 2. The molecule has 1 aliphatic heterocycles. The Balaban J connectivity index is 0.000000136. The van der Waals surface area contributed by atoms with Gasteiger partial charge in [-0.15, -0.1) is 0 Å². The molecule has 0 fully saturated rings. The number of hydrogen-bond acceptors (Lipinski definition) is 4. The quantitative estimate of drug-likeness (QED) is 0.391. The van der Waals surface area contributed by atoms with E-state index >= 15 is 0 Å². The van der Waals surface area contributed by atoms with Gasteiger partial charge in [-0.05, 0) is 29.7 Å². The number of fused-ring (bicyclic) bond motifs is 1. The Bertz CT molecular complexity index is 1170. The molecule has 2 heterocycles. The topological polar surface area (TPSA) is 76.4 Å². The van der Waals surface area contributed by atoms with Gasteiger partial charge in [-0.1, -0.05) is 42.5 Å². The molecule has 0 spiro atoms. The monoisotopic (exact) mass is 343 g/mol. The maximum Gasteiger partial charge on any atom is 0.336 e. The fraction of sp³-hybridized carbons (Fsp3) is 0. The molecule has 0 atom stereocenters. The second-order valence-corrected chi connectivity index (χ2v) is 5.78. The molecule has 0 unspecified atom stereocenters. The summed E-state index contributed by atoms with van der Waals surface area (Å²) in [5.41, 5.74) is 1.48. The number of carbonyl (C=O) groups is 2. The lowest BCUT2D eigenvalue weighted by molar-refractivity contribution is 0.0845. The van der Waals surface area contributed by atoms with Gasteiger partial charge in [-0.3, -0.25) is 14.9 Å². The first kappa shape index (κ1) is 15.8. The van der Waals surface area contributed by atoms with E-state index in [1.54, 1.807) is 24.3 Å². The minimum absolute atomic E-state index is 0.302. The third-order valence-corrected chi connectivity index (χ3v) is 4.15. The third kappa shape index (κ3) is 2.75. The summed E-state index contributed by atoms with van der Waals surface area (Å²) in [6.45, 7) is 0. The summed E-state index contributed by atoms with van der Waals surface area (Å²) in [7, 11) is 0. The summed E-state index contributed by atoms with van der Waals surface area (Å²) in [5, 5.41) is 4.95. The molecule has 0 radical (unpaired) electrons. The van der Waals surface area contributed by atoms with E-state index in [1.807, 2.05) is 42.5 Å². The van der Waals surface area contributed by atoms with E-state index in [-0.39, 0.29) is 17.4 Å². The van der Waals surface area contributed by atoms with Crippen LogP contribution in [0.3, 0.4) is 0 Å². The Kier molecular flexibility index (Phi) is 3.82. The zero-order chi connectivity index (χ0) is 18.1. The summed E-state index contributed by atoms with van der Waals surface area (Å²) >= 11 is 0. The Labute approximate surface area is 147 Å². The molecule has 0 aliphatic carbocycles. The predicted molar refractivity (Wildman–Crippen MR) is 98.2 cm³/mol. The van der Waals surface area contributed by atoms with Gasteiger partial charge in [0.15, 0.2) is 0 Å². The summed E-state index contributed by atoms with van der Waals surface area (Å²) < 4.78 is 4.91. The average molecular weight is 343 g/mol. The molecular weight excluding hydrogens is 330 g/mol. The lowest BCUT2D eigenvalue weighted by Gasteiger charge is -2.15. The van der Waals surface area contributed by atoms with E-state index in [1.165, 1.54) is 6.07 Å². The van der Waals surface area contributed by atoms with Gasteiger partial charge in [-0.2, -0.15) is 0 Å². The third-order valence-electron chi connectivity index (χ3n) is 4.15. The largest absolute Gasteiger partial charge is 0.423 e. The minimum atomic E-state index is -0.315. The SMILES string of the molecule is O=C1NC(=O)c2cccc3cccc1c23.O=c1ccc2ccccc2o1. The maximum absolute atomic E-state index is 11.6. The van der Waals surface area contributed by atoms with Crippen LogP contribution in [-0.4, -0.2) is 11.8 Å². The van der Waals surface area contributed by atoms with Gasteiger partial charge in [0.05, 0.1) is 0 Å². The van der Waals surface area contributed by atoms with E-state index in [9.17, 15) is 14.4 Å². The number of rotatable bonds is 0. The molecule has 5 heteroatoms. The predicted octanol–water partition coefficient (Wildman–Crippen LogP) is 3.52. The van der Waals surface area contributed by atoms with Gasteiger partial charge in [0.25, 0.3) is 11.8 Å². The zero-order valence-corrected chi connectivity index (χ0v) is 13.6. The summed E-state index contributed by atoms with van der Waals surface area (Å²) in [4.78, 5) is 33.8. The van der Waals surface area contributed by atoms with Crippen molar-refractivity contribution in [1.82, 2.24) is 5.32 Å². The van der Waals surface area contributed by atoms with Gasteiger partial charge >= 0.3 is 5.63 Å². The first-order valence-electron chi connectivity index (χ1n) is 8.00. The lowest BCUT2D eigenvalue weighted by Crippen LogP contribution is -2.34. The molecule has 0 saturated heterocycles. The van der Waals surface area contributed by atoms with Crippen LogP contribution in [0.2, 0.25) is 0 Å². The van der Waals surface area contributed by atoms with Gasteiger partial charge < -0.3 is 4.42 Å². The van der Waals surface area contributed by atoms with Crippen molar-refractivity contribution in [3.05, 3.63) is 94.3 Å². The molecule has 26 heavy (non-hydrogen) atoms. The number of nitrogens with one attached hydrogen (secondary N) is 1. The Morgan fingerprint density at radius 1 is 0.615 bits per heavy atom. The second kappa shape index (κ2) is 6.29. The van der Waals surface area contributed by atoms with Gasteiger partial charge in [0, 0.05) is 28.0 Å². The van der Waals surface area contributed by atoms with Crippen molar-refractivity contribution in [2.24, 2.45) is 0 Å². The normalized spacial score (nSPS) is 12.5. The molecule has 2 amide bonds. The van der Waals surface area contributed by atoms with Crippen LogP contribution in [0.5, 0.6) is 0 Å². The van der Waals surface area contributed by atoms with Crippen molar-refractivity contribution in [2.45, 2.75) is 0 Å². The van der Waals surface area contributed by atoms with Crippen LogP contribution in [0.15, 0.2) is 82.0 Å². The van der Waals surface area contributed by atoms with E-state index in [4.69, 9.17) is 4.42 Å². The lowest BCUT2D eigenvalue weighted by atomic mass is 9.95. The summed E-state index contributed by atoms with van der Waals surface area (Å²) in [6, 6.07) is 21.5. The molecule has 0 saturated carbocycles. The highest BCUT2D eigenvalue weighted by Gasteiger charge is 2.23. The molecule has 0 bridgehead atoms. The van der Waals surface area contributed by atoms with Crippen molar-refractivity contribution in [2.75, 3.05) is 0 Å². The van der Waals surface area contributed by atoms with E-state index in [0.29, 0.717) is 16.7 Å². The number of para-hydroxylation sites is 1. The fourth-order valence-electron chi connectivity index (χ4n) is 2.97. The Hall–Kier alpha value is -3.73. The van der Waals surface area contributed by atoms with Crippen LogP contribution in [0.25, 0.3) is 21.7 Å². The Morgan fingerprint density at radius 3 is 1.92 bits per heavy atom. The van der Waals surface area contributed by atoms with Crippen molar-refractivity contribution >= 4 is 33.6 Å². The molecule has 1 N–H and O–H groups in total. The molecular formula is C21H13NO4. The van der Waals surface area contributed by atoms with E-state index in [0.717, 1.165) is 16.2 Å². The first-order valence-corrected chi connectivity index (χ1v) is 8.00. The highest BCUT2D eigenvalue weighted by Crippen LogP contribution is 2.25. The second-order valence-electron chi connectivity index (χ2n) is 5.78. The van der Waals surface area contributed by atoms with Crippen LogP contribution in [0, 0.1) is 0 Å². The standard InChI is InChI=1S/C12H7NO2.C9H6O2/c14-11-8-5-1-3-7-4-2-6-9(10(7)8)12(15)13-11;10-9-6-5-7-3-1-2-4-8(7)11-9/h1-6H,(H,13,14,15);1-6H. The zero-order valence-electron chi connectivity index (χ0n) is 13.6. The van der Waals surface area contributed by atoms with Gasteiger partial charge in [0.2, 0.25) is 0 Å². The van der Waals surface area contributed by atoms with Gasteiger partial charge in [-0.25, -0.2) is 4.79 Å². The van der Waals surface area contributed by atoms with E-state index in [2.05, 4.69) is 5.32 Å². The maximum atomic E-state index is 11.6. The van der Waals surface area contributed by atoms with Crippen LogP contribution in [-0.2, 0) is 0 Å². The Morgan fingerprint density at radius 2 is 1.23 bits per heavy atom. The first-order chi connectivity index (χ1) is 12.6. The van der Waals surface area contributed by atoms with Crippen LogP contribution in [0.4, 0.5) is 0 Å². The molecule has 5 nitrogen and oxygen atoms in total. The van der Waals surface area contributed by atoms with Crippen molar-refractivity contribution in [3.8, 4) is 0 Å². The minimum Gasteiger partial charge on any atom is -0.423 e. The van der Waals surface area contributed by atoms with Crippen LogP contribution in [0.1, 0.15) is 20.7 Å². The smallest absolute Gasteiger partial charge is 0.336 e. The summed E-state index contributed by atoms with van der Waals surface area (Å²) in [5.74, 6) is -0.631. The molecule has 4 aromatic rings. The van der Waals surface area contributed by atoms with Crippen LogP contribution < -0.4 is 10.9 Å². The number of imide groups is 1. The van der Waals surface area contributed by atoms with Gasteiger partial charge in [0.1, 0.15) is 5.58 Å². The highest BCUT2D eigenvalue weighted by atomic mass is 16.4. The molecule has 5 rings (SSSR count). The number of benzene rings is 3. The van der Waals surface area contributed by atoms with Crippen molar-refractivity contribution in [3.63, 3.8) is 0 Å². The van der Waals surface area contributed by atoms with Crippen LogP contribution >= 0.6 is 0 Å². The summed E-state index contributed by atoms with van der Waals surface area (Å²) in [6.07, 6.45) is 0.